The van der Waals surface area contributed by atoms with Gasteiger partial charge < -0.3 is 0 Å². The zero-order valence-corrected chi connectivity index (χ0v) is 14.6. The summed E-state index contributed by atoms with van der Waals surface area (Å²) in [5, 5.41) is 0. The highest BCUT2D eigenvalue weighted by molar-refractivity contribution is 5.91. The average molecular weight is 322 g/mol. The third-order valence-corrected chi connectivity index (χ3v) is 5.22. The molecule has 0 aliphatic carbocycles. The van der Waals surface area contributed by atoms with E-state index in [1.165, 1.54) is 5.56 Å². The third-order valence-electron chi connectivity index (χ3n) is 5.22. The van der Waals surface area contributed by atoms with Crippen LogP contribution >= 0.6 is 0 Å². The van der Waals surface area contributed by atoms with Crippen LogP contribution in [0.5, 0.6) is 0 Å². The van der Waals surface area contributed by atoms with Gasteiger partial charge in [0.2, 0.25) is 5.91 Å². The normalized spacial score (nSPS) is 17.4. The summed E-state index contributed by atoms with van der Waals surface area (Å²) in [4.78, 5) is 16.3. The molecule has 0 N–H and O–H groups in total. The summed E-state index contributed by atoms with van der Waals surface area (Å²) in [6.07, 6.45) is 2.25. The first-order valence-corrected chi connectivity index (χ1v) is 8.69. The second-order valence-electron chi connectivity index (χ2n) is 6.97. The Morgan fingerprint density at radius 2 is 1.54 bits per heavy atom. The lowest BCUT2D eigenvalue weighted by Gasteiger charge is -2.41. The van der Waals surface area contributed by atoms with Crippen molar-refractivity contribution in [3.63, 3.8) is 0 Å². The predicted octanol–water partition coefficient (Wildman–Crippen LogP) is 4.05. The van der Waals surface area contributed by atoms with Crippen LogP contribution in [-0.4, -0.2) is 30.6 Å². The number of rotatable bonds is 4. The molecule has 1 aliphatic heterocycles. The van der Waals surface area contributed by atoms with Gasteiger partial charge in [-0.15, -0.1) is 0 Å². The lowest BCUT2D eigenvalue weighted by molar-refractivity contribution is -0.117. The lowest BCUT2D eigenvalue weighted by atomic mass is 9.75. The summed E-state index contributed by atoms with van der Waals surface area (Å²) in [5.41, 5.74) is 2.64. The van der Waals surface area contributed by atoms with Crippen LogP contribution < -0.4 is 4.90 Å². The first kappa shape index (κ1) is 16.7. The molecule has 1 heterocycles. The Balaban J connectivity index is 1.65. The molecule has 0 bridgehead atoms. The predicted molar refractivity (Wildman–Crippen MR) is 99.1 cm³/mol. The molecule has 0 unspecified atom stereocenters. The van der Waals surface area contributed by atoms with Gasteiger partial charge in [-0.05, 0) is 36.0 Å². The highest BCUT2D eigenvalue weighted by atomic mass is 16.2. The number of nitrogens with zero attached hydrogens (tertiary/aromatic N) is 2. The van der Waals surface area contributed by atoms with Crippen molar-refractivity contribution in [3.8, 4) is 0 Å². The standard InChI is InChI=1S/C21H26N2O/c1-18(24)23(20-11-7-4-8-12-20)17-22-15-13-21(2,14-16-22)19-9-5-3-6-10-19/h3-12H,13-17H2,1-2H3. The van der Waals surface area contributed by atoms with Crippen molar-refractivity contribution in [3.05, 3.63) is 66.2 Å². The molecule has 0 saturated carbocycles. The summed E-state index contributed by atoms with van der Waals surface area (Å²) in [5.74, 6) is 0.0950. The van der Waals surface area contributed by atoms with Crippen molar-refractivity contribution in [1.82, 2.24) is 4.90 Å². The van der Waals surface area contributed by atoms with E-state index < -0.39 is 0 Å². The van der Waals surface area contributed by atoms with Crippen molar-refractivity contribution < 1.29 is 4.79 Å². The molecule has 2 aromatic carbocycles. The van der Waals surface area contributed by atoms with Gasteiger partial charge in [-0.2, -0.15) is 0 Å². The van der Waals surface area contributed by atoms with Crippen LogP contribution in [0.15, 0.2) is 60.7 Å². The van der Waals surface area contributed by atoms with Gasteiger partial charge in [-0.1, -0.05) is 55.5 Å². The Kier molecular flexibility index (Phi) is 5.00. The van der Waals surface area contributed by atoms with Crippen LogP contribution in [0.1, 0.15) is 32.3 Å². The summed E-state index contributed by atoms with van der Waals surface area (Å²) in [6.45, 7) is 6.71. The van der Waals surface area contributed by atoms with Gasteiger partial charge in [-0.25, -0.2) is 0 Å². The van der Waals surface area contributed by atoms with E-state index in [0.717, 1.165) is 31.6 Å². The van der Waals surface area contributed by atoms with Gasteiger partial charge in [-0.3, -0.25) is 14.6 Å². The molecule has 0 aromatic heterocycles. The second kappa shape index (κ2) is 7.18. The number of anilines is 1. The molecular formula is C21H26N2O. The minimum atomic E-state index is 0.0950. The van der Waals surface area contributed by atoms with Gasteiger partial charge in [0.25, 0.3) is 0 Å². The molecule has 2 aromatic rings. The minimum Gasteiger partial charge on any atom is -0.299 e. The van der Waals surface area contributed by atoms with E-state index in [2.05, 4.69) is 42.2 Å². The highest BCUT2D eigenvalue weighted by Crippen LogP contribution is 2.35. The molecule has 1 fully saturated rings. The van der Waals surface area contributed by atoms with Crippen LogP contribution in [0, 0.1) is 0 Å². The average Bonchev–Trinajstić information content (AvgIpc) is 2.62. The van der Waals surface area contributed by atoms with Crippen LogP contribution in [0.3, 0.4) is 0 Å². The smallest absolute Gasteiger partial charge is 0.224 e. The summed E-state index contributed by atoms with van der Waals surface area (Å²) < 4.78 is 0. The van der Waals surface area contributed by atoms with Gasteiger partial charge in [0.1, 0.15) is 0 Å². The van der Waals surface area contributed by atoms with Crippen molar-refractivity contribution in [2.24, 2.45) is 0 Å². The van der Waals surface area contributed by atoms with E-state index in [1.807, 2.05) is 35.2 Å². The number of amides is 1. The maximum absolute atomic E-state index is 12.1. The quantitative estimate of drug-likeness (QED) is 0.848. The monoisotopic (exact) mass is 322 g/mol. The summed E-state index contributed by atoms with van der Waals surface area (Å²) in [6, 6.07) is 20.7. The number of carbonyl (C=O) groups excluding carboxylic acids is 1. The fraction of sp³-hybridized carbons (Fsp3) is 0.381. The summed E-state index contributed by atoms with van der Waals surface area (Å²) >= 11 is 0. The number of hydrogen-bond donors (Lipinski definition) is 0. The SMILES string of the molecule is CC(=O)N(CN1CCC(C)(c2ccccc2)CC1)c1ccccc1. The van der Waals surface area contributed by atoms with Crippen LogP contribution in [-0.2, 0) is 10.2 Å². The Morgan fingerprint density at radius 3 is 2.08 bits per heavy atom. The third kappa shape index (κ3) is 3.68. The number of hydrogen-bond acceptors (Lipinski definition) is 2. The van der Waals surface area contributed by atoms with Crippen LogP contribution in [0.25, 0.3) is 0 Å². The molecule has 1 amide bonds. The molecule has 0 spiro atoms. The number of benzene rings is 2. The minimum absolute atomic E-state index is 0.0950. The molecule has 1 saturated heterocycles. The van der Waals surface area contributed by atoms with E-state index in [9.17, 15) is 4.79 Å². The largest absolute Gasteiger partial charge is 0.299 e. The maximum atomic E-state index is 12.1. The van der Waals surface area contributed by atoms with Crippen LogP contribution in [0.4, 0.5) is 5.69 Å². The second-order valence-corrected chi connectivity index (χ2v) is 6.97. The van der Waals surface area contributed by atoms with Crippen molar-refractivity contribution >= 4 is 11.6 Å². The first-order chi connectivity index (χ1) is 11.6. The number of carbonyl (C=O) groups is 1. The fourth-order valence-electron chi connectivity index (χ4n) is 3.49. The Hall–Kier alpha value is -2.13. The van der Waals surface area contributed by atoms with Crippen molar-refractivity contribution in [1.29, 1.82) is 0 Å². The molecule has 126 valence electrons. The molecule has 3 nitrogen and oxygen atoms in total. The lowest BCUT2D eigenvalue weighted by Crippen LogP contribution is -2.47. The van der Waals surface area contributed by atoms with Crippen LogP contribution in [0.2, 0.25) is 0 Å². The van der Waals surface area contributed by atoms with Crippen molar-refractivity contribution in [2.75, 3.05) is 24.7 Å². The van der Waals surface area contributed by atoms with Gasteiger partial charge >= 0.3 is 0 Å². The number of piperidine rings is 1. The Morgan fingerprint density at radius 1 is 1.00 bits per heavy atom. The van der Waals surface area contributed by atoms with E-state index in [0.29, 0.717) is 6.67 Å². The fourth-order valence-corrected chi connectivity index (χ4v) is 3.49. The molecular weight excluding hydrogens is 296 g/mol. The van der Waals surface area contributed by atoms with Gasteiger partial charge in [0.15, 0.2) is 0 Å². The van der Waals surface area contributed by atoms with E-state index in [-0.39, 0.29) is 11.3 Å². The van der Waals surface area contributed by atoms with Gasteiger partial charge in [0.05, 0.1) is 6.67 Å². The van der Waals surface area contributed by atoms with E-state index in [1.54, 1.807) is 6.92 Å². The number of para-hydroxylation sites is 1. The molecule has 24 heavy (non-hydrogen) atoms. The first-order valence-electron chi connectivity index (χ1n) is 8.69. The number of likely N-dealkylation sites (tertiary alicyclic amines) is 1. The molecule has 0 radical (unpaired) electrons. The Labute approximate surface area is 144 Å². The highest BCUT2D eigenvalue weighted by Gasteiger charge is 2.32. The summed E-state index contributed by atoms with van der Waals surface area (Å²) in [7, 11) is 0. The molecule has 1 aliphatic rings. The van der Waals surface area contributed by atoms with Gasteiger partial charge in [0, 0.05) is 25.7 Å². The molecule has 0 atom stereocenters. The van der Waals surface area contributed by atoms with E-state index >= 15 is 0 Å². The maximum Gasteiger partial charge on any atom is 0.224 e. The van der Waals surface area contributed by atoms with E-state index in [4.69, 9.17) is 0 Å². The topological polar surface area (TPSA) is 23.6 Å². The zero-order chi connectivity index (χ0) is 17.0. The zero-order valence-electron chi connectivity index (χ0n) is 14.6. The van der Waals surface area contributed by atoms with Crippen molar-refractivity contribution in [2.45, 2.75) is 32.1 Å². The Bertz CT molecular complexity index is 661. The molecule has 3 heteroatoms. The molecule has 3 rings (SSSR count).